The lowest BCUT2D eigenvalue weighted by Crippen LogP contribution is -2.45. The number of ketones is 1. The first kappa shape index (κ1) is 29.9. The fraction of sp³-hybridized carbons (Fsp3) is 0.351. The smallest absolute Gasteiger partial charge is 0.170 e. The maximum atomic E-state index is 13.0. The summed E-state index contributed by atoms with van der Waals surface area (Å²) in [5.41, 5.74) is 5.85. The van der Waals surface area contributed by atoms with E-state index in [2.05, 4.69) is 86.4 Å². The minimum Gasteiger partial charge on any atom is -0.496 e. The van der Waals surface area contributed by atoms with Gasteiger partial charge in [-0.1, -0.05) is 66.7 Å². The van der Waals surface area contributed by atoms with Crippen molar-refractivity contribution in [1.29, 1.82) is 0 Å². The number of hydrogen-bond acceptors (Lipinski definition) is 5. The van der Waals surface area contributed by atoms with Crippen molar-refractivity contribution in [3.63, 3.8) is 0 Å². The van der Waals surface area contributed by atoms with E-state index in [0.717, 1.165) is 60.5 Å². The lowest BCUT2D eigenvalue weighted by Gasteiger charge is -2.34. The number of Topliss-reactive ketones (excluding diaryl/α,β-unsaturated/α-hetero) is 1. The number of carbonyl (C=O) groups is 1. The number of methoxy groups -OCH3 is 1. The Hall–Kier alpha value is -4.20. The molecule has 1 unspecified atom stereocenters. The van der Waals surface area contributed by atoms with Crippen molar-refractivity contribution in [2.75, 3.05) is 13.7 Å². The van der Waals surface area contributed by atoms with Gasteiger partial charge in [-0.05, 0) is 56.8 Å². The molecular formula is C37H43N5O2. The monoisotopic (exact) mass is 589 g/mol. The van der Waals surface area contributed by atoms with E-state index in [4.69, 9.17) is 4.74 Å². The molecule has 0 spiro atoms. The first-order chi connectivity index (χ1) is 21.5. The van der Waals surface area contributed by atoms with Crippen molar-refractivity contribution in [3.8, 4) is 5.75 Å². The van der Waals surface area contributed by atoms with Crippen molar-refractivity contribution >= 4 is 16.7 Å². The number of benzene rings is 3. The van der Waals surface area contributed by atoms with Crippen LogP contribution in [0.2, 0.25) is 0 Å². The Morgan fingerprint density at radius 2 is 1.77 bits per heavy atom. The molecule has 0 amide bonds. The summed E-state index contributed by atoms with van der Waals surface area (Å²) in [6.45, 7) is 4.63. The number of aryl methyl sites for hydroxylation is 2. The summed E-state index contributed by atoms with van der Waals surface area (Å²) in [6, 6.07) is 28.0. The molecular weight excluding hydrogens is 546 g/mol. The topological polar surface area (TPSA) is 73.1 Å². The third kappa shape index (κ3) is 6.21. The number of aromatic nitrogens is 3. The summed E-state index contributed by atoms with van der Waals surface area (Å²) in [5.74, 6) is 2.25. The molecule has 0 radical (unpaired) electrons. The number of fused-ring (bicyclic) bond motifs is 3. The molecule has 5 aromatic rings. The Kier molecular flexibility index (Phi) is 9.24. The average molecular weight is 590 g/mol. The fourth-order valence-corrected chi connectivity index (χ4v) is 6.88. The van der Waals surface area contributed by atoms with Crippen molar-refractivity contribution in [2.45, 2.75) is 57.8 Å². The SMILES string of the molecule is COc1ccccc1CN[C@H]1CCCN[C@H]1c1ccccc1.Cc1nccn1CC1CCc2c(c3ccccc3n2C)C1=O. The molecule has 44 heavy (non-hydrogen) atoms. The van der Waals surface area contributed by atoms with E-state index in [1.54, 1.807) is 13.3 Å². The van der Waals surface area contributed by atoms with Crippen molar-refractivity contribution < 1.29 is 9.53 Å². The number of hydrogen-bond donors (Lipinski definition) is 2. The van der Waals surface area contributed by atoms with Gasteiger partial charge in [0.2, 0.25) is 0 Å². The lowest BCUT2D eigenvalue weighted by atomic mass is 9.85. The second-order valence-corrected chi connectivity index (χ2v) is 11.9. The van der Waals surface area contributed by atoms with E-state index in [1.807, 2.05) is 37.4 Å². The highest BCUT2D eigenvalue weighted by molar-refractivity contribution is 6.11. The molecule has 2 aliphatic rings. The number of carbonyl (C=O) groups excluding carboxylic acids is 1. The van der Waals surface area contributed by atoms with Gasteiger partial charge < -0.3 is 24.5 Å². The molecule has 3 heterocycles. The zero-order valence-electron chi connectivity index (χ0n) is 26.0. The largest absolute Gasteiger partial charge is 0.496 e. The lowest BCUT2D eigenvalue weighted by molar-refractivity contribution is 0.0888. The van der Waals surface area contributed by atoms with Gasteiger partial charge in [0.15, 0.2) is 5.78 Å². The maximum Gasteiger partial charge on any atom is 0.170 e. The van der Waals surface area contributed by atoms with E-state index in [1.165, 1.54) is 29.7 Å². The summed E-state index contributed by atoms with van der Waals surface area (Å²) in [7, 11) is 3.79. The van der Waals surface area contributed by atoms with Crippen LogP contribution in [0.5, 0.6) is 5.75 Å². The van der Waals surface area contributed by atoms with E-state index in [9.17, 15) is 4.79 Å². The summed E-state index contributed by atoms with van der Waals surface area (Å²) in [5, 5.41) is 8.47. The molecule has 228 valence electrons. The first-order valence-electron chi connectivity index (χ1n) is 15.8. The minimum atomic E-state index is 0.0474. The standard InChI is InChI=1S/C19H24N2O.C18H19N3O/c1-22-18-12-6-5-10-16(18)14-21-17-11-7-13-20-19(17)15-8-3-2-4-9-15;1-12-19-9-10-21(12)11-13-7-8-16-17(18(13)22)14-5-3-4-6-15(14)20(16)2/h2-6,8-10,12,17,19-21H,7,11,13-14H2,1H3;3-6,9-10,13H,7-8,11H2,1-2H3/t17-,19-;/m0./s1. The molecule has 7 heteroatoms. The van der Waals surface area contributed by atoms with Gasteiger partial charge in [-0.15, -0.1) is 0 Å². The number of para-hydroxylation sites is 2. The maximum absolute atomic E-state index is 13.0. The van der Waals surface area contributed by atoms with E-state index >= 15 is 0 Å². The number of piperidine rings is 1. The van der Waals surface area contributed by atoms with Gasteiger partial charge in [-0.3, -0.25) is 4.79 Å². The third-order valence-corrected chi connectivity index (χ3v) is 9.28. The van der Waals surface area contributed by atoms with Crippen molar-refractivity contribution in [2.24, 2.45) is 13.0 Å². The highest BCUT2D eigenvalue weighted by atomic mass is 16.5. The highest BCUT2D eigenvalue weighted by Gasteiger charge is 2.32. The van der Waals surface area contributed by atoms with Crippen LogP contribution in [0.15, 0.2) is 91.3 Å². The van der Waals surface area contributed by atoms with Crippen LogP contribution in [-0.2, 0) is 26.6 Å². The molecule has 1 aliphatic heterocycles. The number of imidazole rings is 1. The molecule has 3 atom stereocenters. The molecule has 2 aromatic heterocycles. The van der Waals surface area contributed by atoms with Gasteiger partial charge in [0.05, 0.1) is 7.11 Å². The van der Waals surface area contributed by atoms with Gasteiger partial charge in [0.25, 0.3) is 0 Å². The van der Waals surface area contributed by atoms with E-state index in [-0.39, 0.29) is 11.7 Å². The van der Waals surface area contributed by atoms with Gasteiger partial charge in [0.1, 0.15) is 11.6 Å². The average Bonchev–Trinajstić information content (AvgIpc) is 3.62. The molecule has 2 N–H and O–H groups in total. The van der Waals surface area contributed by atoms with Crippen LogP contribution in [0.4, 0.5) is 0 Å². The predicted molar refractivity (Wildman–Crippen MR) is 176 cm³/mol. The molecule has 0 bridgehead atoms. The van der Waals surface area contributed by atoms with Crippen LogP contribution in [0.25, 0.3) is 10.9 Å². The molecule has 1 aliphatic carbocycles. The van der Waals surface area contributed by atoms with Gasteiger partial charge in [-0.25, -0.2) is 4.98 Å². The Bertz CT molecular complexity index is 1710. The van der Waals surface area contributed by atoms with Crippen LogP contribution in [0.1, 0.15) is 58.3 Å². The van der Waals surface area contributed by atoms with Crippen LogP contribution >= 0.6 is 0 Å². The Labute approximate surface area is 260 Å². The Balaban J connectivity index is 0.000000156. The van der Waals surface area contributed by atoms with Gasteiger partial charge in [-0.2, -0.15) is 0 Å². The van der Waals surface area contributed by atoms with E-state index in [0.29, 0.717) is 12.1 Å². The summed E-state index contributed by atoms with van der Waals surface area (Å²) >= 11 is 0. The first-order valence-corrected chi connectivity index (χ1v) is 15.8. The second-order valence-electron chi connectivity index (χ2n) is 11.9. The van der Waals surface area contributed by atoms with Crippen molar-refractivity contribution in [1.82, 2.24) is 24.8 Å². The van der Waals surface area contributed by atoms with Crippen LogP contribution < -0.4 is 15.4 Å². The minimum absolute atomic E-state index is 0.0474. The quantitative estimate of drug-likeness (QED) is 0.230. The van der Waals surface area contributed by atoms with Gasteiger partial charge in [0, 0.05) is 78.3 Å². The van der Waals surface area contributed by atoms with E-state index < -0.39 is 0 Å². The number of nitrogens with one attached hydrogen (secondary N) is 2. The Morgan fingerprint density at radius 3 is 2.57 bits per heavy atom. The molecule has 0 saturated carbocycles. The van der Waals surface area contributed by atoms with Crippen LogP contribution in [-0.4, -0.2) is 39.6 Å². The summed E-state index contributed by atoms with van der Waals surface area (Å²) in [4.78, 5) is 17.3. The predicted octanol–water partition coefficient (Wildman–Crippen LogP) is 6.41. The molecule has 1 fully saturated rings. The molecule has 7 nitrogen and oxygen atoms in total. The Morgan fingerprint density at radius 1 is 1.00 bits per heavy atom. The van der Waals surface area contributed by atoms with Crippen LogP contribution in [0, 0.1) is 12.8 Å². The number of ether oxygens (including phenoxy) is 1. The van der Waals surface area contributed by atoms with Crippen LogP contribution in [0.3, 0.4) is 0 Å². The zero-order chi connectivity index (χ0) is 30.5. The molecule has 1 saturated heterocycles. The van der Waals surface area contributed by atoms with Gasteiger partial charge >= 0.3 is 0 Å². The number of rotatable bonds is 7. The number of nitrogens with zero attached hydrogens (tertiary/aromatic N) is 3. The third-order valence-electron chi connectivity index (χ3n) is 9.28. The summed E-state index contributed by atoms with van der Waals surface area (Å²) in [6.07, 6.45) is 8.04. The second kappa shape index (κ2) is 13.6. The summed E-state index contributed by atoms with van der Waals surface area (Å²) < 4.78 is 9.70. The highest BCUT2D eigenvalue weighted by Crippen LogP contribution is 2.34. The normalized spacial score (nSPS) is 19.7. The zero-order valence-corrected chi connectivity index (χ0v) is 26.0. The fourth-order valence-electron chi connectivity index (χ4n) is 6.88. The molecule has 7 rings (SSSR count). The van der Waals surface area contributed by atoms with Crippen molar-refractivity contribution in [3.05, 3.63) is 119 Å². The molecule has 3 aromatic carbocycles.